The molecule has 0 aliphatic heterocycles. The van der Waals surface area contributed by atoms with Crippen LogP contribution >= 0.6 is 0 Å². The van der Waals surface area contributed by atoms with Crippen LogP contribution in [-0.2, 0) is 0 Å². The summed E-state index contributed by atoms with van der Waals surface area (Å²) < 4.78 is 8.91. The van der Waals surface area contributed by atoms with Crippen LogP contribution < -0.4 is 4.90 Å². The average Bonchev–Trinajstić information content (AvgIpc) is 3.91. The molecule has 0 fully saturated rings. The minimum Gasteiger partial charge on any atom is -0.455 e. The van der Waals surface area contributed by atoms with Crippen molar-refractivity contribution in [1.82, 2.24) is 4.57 Å². The second kappa shape index (κ2) is 15.3. The summed E-state index contributed by atoms with van der Waals surface area (Å²) in [6.45, 7) is 0. The Morgan fingerprint density at radius 3 is 1.63 bits per heavy atom. The number of anilines is 3. The summed E-state index contributed by atoms with van der Waals surface area (Å²) in [6, 6.07) is 87.1. The highest BCUT2D eigenvalue weighted by atomic mass is 16.3. The number of para-hydroxylation sites is 6. The van der Waals surface area contributed by atoms with Crippen LogP contribution in [0, 0.1) is 0 Å². The van der Waals surface area contributed by atoms with Crippen molar-refractivity contribution in [2.24, 2.45) is 0 Å². The minimum absolute atomic E-state index is 0.898. The molecule has 0 saturated carbocycles. The van der Waals surface area contributed by atoms with E-state index < -0.39 is 0 Å². The predicted octanol–water partition coefficient (Wildman–Crippen LogP) is 16.8. The SMILES string of the molecule is c1ccc(-c2ccccc2-c2ccccc2N(c2ccc(-c3cccc4c3oc3ccccc34)cc2)c2cccc(-c3ccccc3-n3c4ccccc4c4ccccc43)c2)cc1. The van der Waals surface area contributed by atoms with Crippen molar-refractivity contribution < 1.29 is 4.42 Å². The molecule has 0 unspecified atom stereocenters. The molecular weight excluding hydrogens is 765 g/mol. The summed E-state index contributed by atoms with van der Waals surface area (Å²) in [5.41, 5.74) is 17.6. The van der Waals surface area contributed by atoms with E-state index in [4.69, 9.17) is 4.42 Å². The summed E-state index contributed by atoms with van der Waals surface area (Å²) in [7, 11) is 0. The number of hydrogen-bond acceptors (Lipinski definition) is 2. The Labute approximate surface area is 366 Å². The first-order chi connectivity index (χ1) is 31.3. The predicted molar refractivity (Wildman–Crippen MR) is 264 cm³/mol. The number of aromatic nitrogens is 1. The molecule has 3 heteroatoms. The topological polar surface area (TPSA) is 21.3 Å². The fourth-order valence-corrected chi connectivity index (χ4v) is 9.58. The highest BCUT2D eigenvalue weighted by molar-refractivity contribution is 6.11. The lowest BCUT2D eigenvalue weighted by atomic mass is 9.93. The Bertz CT molecular complexity index is 3580. The second-order valence-electron chi connectivity index (χ2n) is 16.0. The summed E-state index contributed by atoms with van der Waals surface area (Å²) in [5.74, 6) is 0. The lowest BCUT2D eigenvalue weighted by Gasteiger charge is -2.29. The molecule has 2 heterocycles. The number of nitrogens with zero attached hydrogens (tertiary/aromatic N) is 2. The second-order valence-corrected chi connectivity index (χ2v) is 16.0. The molecule has 0 aliphatic carbocycles. The highest BCUT2D eigenvalue weighted by Gasteiger charge is 2.22. The van der Waals surface area contributed by atoms with E-state index in [1.165, 1.54) is 38.5 Å². The van der Waals surface area contributed by atoms with Gasteiger partial charge in [-0.2, -0.15) is 0 Å². The Kier molecular flexibility index (Phi) is 8.83. The van der Waals surface area contributed by atoms with Gasteiger partial charge in [-0.1, -0.05) is 188 Å². The van der Waals surface area contributed by atoms with Crippen LogP contribution in [0.3, 0.4) is 0 Å². The van der Waals surface area contributed by atoms with Crippen molar-refractivity contribution in [1.29, 1.82) is 0 Å². The molecule has 3 nitrogen and oxygen atoms in total. The zero-order chi connectivity index (χ0) is 41.7. The largest absolute Gasteiger partial charge is 0.455 e. The van der Waals surface area contributed by atoms with Crippen LogP contribution in [-0.4, -0.2) is 4.57 Å². The zero-order valence-corrected chi connectivity index (χ0v) is 34.4. The third kappa shape index (κ3) is 6.21. The number of hydrogen-bond donors (Lipinski definition) is 0. The van der Waals surface area contributed by atoms with Gasteiger partial charge in [-0.3, -0.25) is 0 Å². The molecule has 10 aromatic carbocycles. The first kappa shape index (κ1) is 36.5. The Balaban J connectivity index is 1.04. The van der Waals surface area contributed by atoms with E-state index in [1.54, 1.807) is 0 Å². The van der Waals surface area contributed by atoms with Gasteiger partial charge in [-0.05, 0) is 82.4 Å². The van der Waals surface area contributed by atoms with Crippen LogP contribution in [0.15, 0.2) is 247 Å². The van der Waals surface area contributed by atoms with Gasteiger partial charge in [0.1, 0.15) is 11.2 Å². The molecular formula is C60H40N2O. The first-order valence-corrected chi connectivity index (χ1v) is 21.5. The van der Waals surface area contributed by atoms with Crippen molar-refractivity contribution in [3.63, 3.8) is 0 Å². The van der Waals surface area contributed by atoms with Gasteiger partial charge >= 0.3 is 0 Å². The Morgan fingerprint density at radius 2 is 0.857 bits per heavy atom. The van der Waals surface area contributed by atoms with Crippen molar-refractivity contribution in [3.05, 3.63) is 243 Å². The molecule has 0 spiro atoms. The van der Waals surface area contributed by atoms with Gasteiger partial charge in [0.25, 0.3) is 0 Å². The summed E-state index contributed by atoms with van der Waals surface area (Å²) in [5, 5.41) is 4.74. The van der Waals surface area contributed by atoms with Gasteiger partial charge in [0.2, 0.25) is 0 Å². The summed E-state index contributed by atoms with van der Waals surface area (Å²) in [4.78, 5) is 2.41. The van der Waals surface area contributed by atoms with Gasteiger partial charge < -0.3 is 13.9 Å². The fourth-order valence-electron chi connectivity index (χ4n) is 9.58. The van der Waals surface area contributed by atoms with Crippen LogP contribution in [0.2, 0.25) is 0 Å². The van der Waals surface area contributed by atoms with Crippen LogP contribution in [0.1, 0.15) is 0 Å². The van der Waals surface area contributed by atoms with Crippen molar-refractivity contribution in [2.75, 3.05) is 4.90 Å². The molecule has 2 aromatic heterocycles. The van der Waals surface area contributed by atoms with Crippen LogP contribution in [0.5, 0.6) is 0 Å². The first-order valence-electron chi connectivity index (χ1n) is 21.5. The van der Waals surface area contributed by atoms with E-state index in [1.807, 2.05) is 12.1 Å². The lowest BCUT2D eigenvalue weighted by molar-refractivity contribution is 0.670. The summed E-state index contributed by atoms with van der Waals surface area (Å²) in [6.07, 6.45) is 0. The number of rotatable bonds is 8. The molecule has 0 aliphatic rings. The molecule has 0 bridgehead atoms. The van der Waals surface area contributed by atoms with Gasteiger partial charge in [-0.25, -0.2) is 0 Å². The molecule has 63 heavy (non-hydrogen) atoms. The maximum absolute atomic E-state index is 6.49. The zero-order valence-electron chi connectivity index (χ0n) is 34.4. The van der Waals surface area contributed by atoms with Crippen LogP contribution in [0.4, 0.5) is 17.1 Å². The number of benzene rings is 10. The molecule has 0 N–H and O–H groups in total. The smallest absolute Gasteiger partial charge is 0.143 e. The maximum atomic E-state index is 6.49. The van der Waals surface area contributed by atoms with E-state index in [-0.39, 0.29) is 0 Å². The number of furan rings is 1. The Hall–Kier alpha value is -8.40. The monoisotopic (exact) mass is 804 g/mol. The van der Waals surface area contributed by atoms with E-state index >= 15 is 0 Å². The third-order valence-electron chi connectivity index (χ3n) is 12.4. The van der Waals surface area contributed by atoms with E-state index in [0.29, 0.717) is 0 Å². The normalized spacial score (nSPS) is 11.5. The average molecular weight is 805 g/mol. The lowest BCUT2D eigenvalue weighted by Crippen LogP contribution is -2.11. The van der Waals surface area contributed by atoms with Gasteiger partial charge in [0.05, 0.1) is 22.4 Å². The van der Waals surface area contributed by atoms with Gasteiger partial charge in [-0.15, -0.1) is 0 Å². The van der Waals surface area contributed by atoms with Crippen molar-refractivity contribution in [2.45, 2.75) is 0 Å². The fraction of sp³-hybridized carbons (Fsp3) is 0. The third-order valence-corrected chi connectivity index (χ3v) is 12.4. The van der Waals surface area contributed by atoms with E-state index in [9.17, 15) is 0 Å². The maximum Gasteiger partial charge on any atom is 0.143 e. The standard InChI is InChI=1S/C60H40N2O/c1-2-18-41(19-3-1)46-22-4-5-24-49(46)50-25-7-12-32-56(50)61(44-38-36-42(37-39-44)48-29-17-30-54-53-28-10-15-35-59(53)63-60(48)54)45-21-16-20-43(40-45)47-23-6-11-31-55(47)62-57-33-13-8-26-51(57)52-27-9-14-34-58(52)62/h1-40H. The Morgan fingerprint density at radius 1 is 0.317 bits per heavy atom. The molecule has 12 aromatic rings. The molecule has 12 rings (SSSR count). The van der Waals surface area contributed by atoms with Gasteiger partial charge in [0.15, 0.2) is 0 Å². The molecule has 0 radical (unpaired) electrons. The van der Waals surface area contributed by atoms with Crippen LogP contribution in [0.25, 0.3) is 93.9 Å². The highest BCUT2D eigenvalue weighted by Crippen LogP contribution is 2.46. The molecule has 0 atom stereocenters. The van der Waals surface area contributed by atoms with E-state index in [2.05, 4.69) is 240 Å². The van der Waals surface area contributed by atoms with Crippen molar-refractivity contribution in [3.8, 4) is 50.2 Å². The van der Waals surface area contributed by atoms with Crippen molar-refractivity contribution >= 4 is 60.8 Å². The van der Waals surface area contributed by atoms with E-state index in [0.717, 1.165) is 72.5 Å². The molecule has 0 amide bonds. The van der Waals surface area contributed by atoms with Gasteiger partial charge in [0, 0.05) is 49.6 Å². The molecule has 0 saturated heterocycles. The summed E-state index contributed by atoms with van der Waals surface area (Å²) >= 11 is 0. The minimum atomic E-state index is 0.898. The molecule has 296 valence electrons. The quantitative estimate of drug-likeness (QED) is 0.153. The number of fused-ring (bicyclic) bond motifs is 6.